The van der Waals surface area contributed by atoms with Crippen molar-refractivity contribution in [2.45, 2.75) is 13.0 Å². The van der Waals surface area contributed by atoms with E-state index in [-0.39, 0.29) is 41.0 Å². The Morgan fingerprint density at radius 3 is 2.18 bits per heavy atom. The number of aromatic hydroxyl groups is 1. The molecular formula is C18H18N3NaO6. The van der Waals surface area contributed by atoms with Gasteiger partial charge in [-0.15, -0.1) is 0 Å². The van der Waals surface area contributed by atoms with Crippen molar-refractivity contribution in [3.8, 4) is 5.75 Å². The Balaban J connectivity index is 0.00000392. The molecule has 0 aliphatic rings. The molecule has 0 bridgehead atoms. The van der Waals surface area contributed by atoms with Crippen LogP contribution in [0.1, 0.15) is 18.5 Å². The van der Waals surface area contributed by atoms with E-state index in [1.807, 2.05) is 0 Å². The Hall–Kier alpha value is -2.88. The number of aliphatic carboxylic acids is 1. The predicted octanol–water partition coefficient (Wildman–Crippen LogP) is 1.91. The molecule has 2 rings (SSSR count). The minimum atomic E-state index is -1.15. The summed E-state index contributed by atoms with van der Waals surface area (Å²) in [5.41, 5.74) is 0.973. The van der Waals surface area contributed by atoms with Gasteiger partial charge in [-0.2, -0.15) is 0 Å². The van der Waals surface area contributed by atoms with Crippen molar-refractivity contribution in [2.75, 3.05) is 5.32 Å². The first-order valence-corrected chi connectivity index (χ1v) is 7.78. The number of benzene rings is 2. The number of carboxylic acid groups (broad SMARTS) is 1. The number of hydrogen-bond acceptors (Lipinski definition) is 6. The molecule has 0 aliphatic heterocycles. The minimum absolute atomic E-state index is 0. The number of carboxylic acids is 1. The topological polar surface area (TPSA) is 142 Å². The summed E-state index contributed by atoms with van der Waals surface area (Å²) in [4.78, 5) is 33.6. The van der Waals surface area contributed by atoms with Gasteiger partial charge in [0.1, 0.15) is 11.8 Å². The molecule has 0 saturated heterocycles. The Bertz CT molecular complexity index is 881. The quantitative estimate of drug-likeness (QED) is 0.243. The number of nitro groups is 1. The zero-order valence-corrected chi connectivity index (χ0v) is 14.2. The van der Waals surface area contributed by atoms with Crippen molar-refractivity contribution in [3.05, 3.63) is 76.0 Å². The molecule has 2 aromatic rings. The molecule has 0 saturated carbocycles. The Morgan fingerprint density at radius 2 is 1.68 bits per heavy atom. The number of rotatable bonds is 7. The summed E-state index contributed by atoms with van der Waals surface area (Å²) in [6.45, 7) is 1.53. The van der Waals surface area contributed by atoms with E-state index in [0.29, 0.717) is 16.9 Å². The Kier molecular flexibility index (Phi) is 8.65. The van der Waals surface area contributed by atoms with E-state index in [9.17, 15) is 29.9 Å². The summed E-state index contributed by atoms with van der Waals surface area (Å²) in [5, 5.41) is 34.5. The van der Waals surface area contributed by atoms with Gasteiger partial charge < -0.3 is 20.8 Å². The number of phenols is 1. The van der Waals surface area contributed by atoms with E-state index in [2.05, 4.69) is 10.6 Å². The van der Waals surface area contributed by atoms with Crippen LogP contribution in [0.15, 0.2) is 60.3 Å². The van der Waals surface area contributed by atoms with E-state index in [1.54, 1.807) is 0 Å². The first-order chi connectivity index (χ1) is 12.8. The molecule has 2 aromatic carbocycles. The van der Waals surface area contributed by atoms with Gasteiger partial charge in [-0.25, -0.2) is 4.79 Å². The van der Waals surface area contributed by atoms with Crippen LogP contribution in [0.3, 0.4) is 0 Å². The average Bonchev–Trinajstić information content (AvgIpc) is 2.60. The van der Waals surface area contributed by atoms with Gasteiger partial charge in [-0.3, -0.25) is 14.9 Å². The fourth-order valence-electron chi connectivity index (χ4n) is 2.27. The number of nitro benzene ring substituents is 1. The zero-order chi connectivity index (χ0) is 20.0. The van der Waals surface area contributed by atoms with Crippen LogP contribution in [-0.2, 0) is 9.59 Å². The first-order valence-electron chi connectivity index (χ1n) is 7.78. The van der Waals surface area contributed by atoms with Crippen molar-refractivity contribution in [1.29, 1.82) is 0 Å². The molecule has 10 heteroatoms. The molecule has 0 fully saturated rings. The molecule has 4 N–H and O–H groups in total. The number of anilines is 1. The van der Waals surface area contributed by atoms with Gasteiger partial charge in [0, 0.05) is 29.6 Å². The monoisotopic (exact) mass is 395 g/mol. The number of allylic oxidation sites excluding steroid dienone is 1. The number of amides is 1. The molecule has 0 aliphatic carbocycles. The zero-order valence-electron chi connectivity index (χ0n) is 14.2. The van der Waals surface area contributed by atoms with Gasteiger partial charge in [0.2, 0.25) is 5.91 Å². The van der Waals surface area contributed by atoms with E-state index in [1.165, 1.54) is 61.5 Å². The Labute approximate surface area is 182 Å². The van der Waals surface area contributed by atoms with Crippen LogP contribution >= 0.6 is 0 Å². The summed E-state index contributed by atoms with van der Waals surface area (Å²) in [6.07, 6.45) is 1.18. The van der Waals surface area contributed by atoms with Crippen molar-refractivity contribution >= 4 is 52.8 Å². The van der Waals surface area contributed by atoms with Gasteiger partial charge in [0.05, 0.1) is 4.92 Å². The molecule has 28 heavy (non-hydrogen) atoms. The van der Waals surface area contributed by atoms with E-state index in [4.69, 9.17) is 0 Å². The standard InChI is InChI=1S/C18H17N3O6.Na.H/c1-11(19-17(18(24)25)12-2-8-15(22)9-3-12)10-16(23)20-13-4-6-14(7-5-13)21(26)27;;/h2-10,17,19,22H,1H3,(H,20,23)(H,24,25);;/b11-10+;;. The molecule has 0 radical (unpaired) electrons. The molecule has 1 atom stereocenters. The number of non-ortho nitro benzene ring substituents is 1. The third kappa shape index (κ3) is 6.69. The summed E-state index contributed by atoms with van der Waals surface area (Å²) in [6, 6.07) is 9.86. The fraction of sp³-hybridized carbons (Fsp3) is 0.111. The van der Waals surface area contributed by atoms with Gasteiger partial charge in [0.25, 0.3) is 5.69 Å². The summed E-state index contributed by atoms with van der Waals surface area (Å²) in [7, 11) is 0. The average molecular weight is 395 g/mol. The summed E-state index contributed by atoms with van der Waals surface area (Å²) < 4.78 is 0. The second-order valence-corrected chi connectivity index (χ2v) is 5.63. The van der Waals surface area contributed by atoms with Crippen molar-refractivity contribution in [3.63, 3.8) is 0 Å². The normalized spacial score (nSPS) is 11.7. The van der Waals surface area contributed by atoms with Crippen molar-refractivity contribution in [1.82, 2.24) is 5.32 Å². The van der Waals surface area contributed by atoms with Gasteiger partial charge in [-0.1, -0.05) is 12.1 Å². The van der Waals surface area contributed by atoms with Crippen LogP contribution in [0.5, 0.6) is 5.75 Å². The number of nitrogens with one attached hydrogen (secondary N) is 2. The molecule has 0 spiro atoms. The van der Waals surface area contributed by atoms with Crippen LogP contribution in [0, 0.1) is 10.1 Å². The maximum absolute atomic E-state index is 12.0. The number of carbonyl (C=O) groups excluding carboxylic acids is 1. The van der Waals surface area contributed by atoms with Gasteiger partial charge in [-0.05, 0) is 36.8 Å². The molecular weight excluding hydrogens is 377 g/mol. The SMILES string of the molecule is C/C(=C\C(=O)Nc1ccc([N+](=O)[O-])cc1)NC(C(=O)O)c1ccc(O)cc1.[NaH]. The van der Waals surface area contributed by atoms with Gasteiger partial charge in [0.15, 0.2) is 0 Å². The Morgan fingerprint density at radius 1 is 1.11 bits per heavy atom. The van der Waals surface area contributed by atoms with Crippen LogP contribution < -0.4 is 10.6 Å². The molecule has 142 valence electrons. The number of phenolic OH excluding ortho intramolecular Hbond substituents is 1. The van der Waals surface area contributed by atoms with E-state index in [0.717, 1.165) is 0 Å². The molecule has 9 nitrogen and oxygen atoms in total. The summed E-state index contributed by atoms with van der Waals surface area (Å²) in [5.74, 6) is -1.66. The number of nitrogens with zero attached hydrogens (tertiary/aromatic N) is 1. The number of hydrogen-bond donors (Lipinski definition) is 4. The third-order valence-electron chi connectivity index (χ3n) is 3.54. The molecule has 0 aromatic heterocycles. The number of carbonyl (C=O) groups is 2. The van der Waals surface area contributed by atoms with Crippen LogP contribution in [0.4, 0.5) is 11.4 Å². The maximum atomic E-state index is 12.0. The van der Waals surface area contributed by atoms with Crippen LogP contribution in [0.2, 0.25) is 0 Å². The van der Waals surface area contributed by atoms with E-state index < -0.39 is 22.8 Å². The van der Waals surface area contributed by atoms with Crippen molar-refractivity contribution in [2.24, 2.45) is 0 Å². The predicted molar refractivity (Wildman–Crippen MR) is 104 cm³/mol. The third-order valence-corrected chi connectivity index (χ3v) is 3.54. The van der Waals surface area contributed by atoms with E-state index >= 15 is 0 Å². The summed E-state index contributed by atoms with van der Waals surface area (Å²) >= 11 is 0. The second kappa shape index (κ2) is 10.5. The first kappa shape index (κ1) is 23.2. The molecule has 0 heterocycles. The molecule has 1 unspecified atom stereocenters. The van der Waals surface area contributed by atoms with Crippen LogP contribution in [-0.4, -0.2) is 56.6 Å². The van der Waals surface area contributed by atoms with Gasteiger partial charge >= 0.3 is 35.5 Å². The molecule has 1 amide bonds. The fourth-order valence-corrected chi connectivity index (χ4v) is 2.27. The second-order valence-electron chi connectivity index (χ2n) is 5.63. The van der Waals surface area contributed by atoms with Crippen molar-refractivity contribution < 1.29 is 24.7 Å². The van der Waals surface area contributed by atoms with Crippen LogP contribution in [0.25, 0.3) is 0 Å².